The van der Waals surface area contributed by atoms with Crippen molar-refractivity contribution in [3.63, 3.8) is 0 Å². The van der Waals surface area contributed by atoms with Gasteiger partial charge in [-0.3, -0.25) is 0 Å². The third-order valence-electron chi connectivity index (χ3n) is 2.83. The summed E-state index contributed by atoms with van der Waals surface area (Å²) >= 11 is 0. The lowest BCUT2D eigenvalue weighted by atomic mass is 10.0. The van der Waals surface area contributed by atoms with Gasteiger partial charge in [0.05, 0.1) is 11.5 Å². The van der Waals surface area contributed by atoms with E-state index >= 15 is 0 Å². The van der Waals surface area contributed by atoms with Crippen molar-refractivity contribution in [2.24, 2.45) is 0 Å². The fraction of sp³-hybridized carbons (Fsp3) is 1.00. The Morgan fingerprint density at radius 1 is 1.50 bits per heavy atom. The van der Waals surface area contributed by atoms with Crippen LogP contribution in [-0.2, 0) is 9.84 Å². The largest absolute Gasteiger partial charge is 0.316 e. The van der Waals surface area contributed by atoms with Crippen molar-refractivity contribution in [2.45, 2.75) is 31.8 Å². The first-order chi connectivity index (χ1) is 6.37. The van der Waals surface area contributed by atoms with Crippen LogP contribution in [0.25, 0.3) is 0 Å². The molecule has 2 unspecified atom stereocenters. The molecule has 1 heterocycles. The zero-order valence-electron chi connectivity index (χ0n) is 9.13. The summed E-state index contributed by atoms with van der Waals surface area (Å²) in [6, 6.07) is 0.370. The van der Waals surface area contributed by atoms with E-state index in [2.05, 4.69) is 17.6 Å². The molecule has 0 saturated carbocycles. The molecule has 4 nitrogen and oxygen atoms in total. The minimum atomic E-state index is -2.79. The molecule has 0 aliphatic carbocycles. The minimum Gasteiger partial charge on any atom is -0.316 e. The van der Waals surface area contributed by atoms with Crippen LogP contribution >= 0.6 is 0 Å². The third kappa shape index (κ3) is 3.22. The molecule has 0 spiro atoms. The van der Waals surface area contributed by atoms with Crippen molar-refractivity contribution >= 4 is 9.84 Å². The Labute approximate surface area is 86.4 Å². The quantitative estimate of drug-likeness (QED) is 0.686. The van der Waals surface area contributed by atoms with E-state index in [0.29, 0.717) is 11.8 Å². The van der Waals surface area contributed by atoms with E-state index in [9.17, 15) is 8.42 Å². The van der Waals surface area contributed by atoms with Gasteiger partial charge in [0.15, 0.2) is 9.84 Å². The Bertz CT molecular complexity index is 289. The van der Waals surface area contributed by atoms with Crippen LogP contribution in [0.4, 0.5) is 0 Å². The van der Waals surface area contributed by atoms with Crippen LogP contribution in [0.1, 0.15) is 20.3 Å². The normalized spacial score (nSPS) is 33.1. The molecule has 1 fully saturated rings. The summed E-state index contributed by atoms with van der Waals surface area (Å²) in [6.07, 6.45) is 0.728. The van der Waals surface area contributed by atoms with E-state index in [-0.39, 0.29) is 11.3 Å². The Morgan fingerprint density at radius 2 is 2.14 bits per heavy atom. The van der Waals surface area contributed by atoms with Gasteiger partial charge >= 0.3 is 0 Å². The van der Waals surface area contributed by atoms with E-state index in [1.807, 2.05) is 14.0 Å². The number of nitrogens with one attached hydrogen (secondary N) is 2. The van der Waals surface area contributed by atoms with Crippen molar-refractivity contribution in [3.8, 4) is 0 Å². The molecule has 1 aliphatic heterocycles. The highest BCUT2D eigenvalue weighted by Crippen LogP contribution is 2.22. The molecule has 5 heteroatoms. The zero-order chi connectivity index (χ0) is 10.8. The second-order valence-electron chi connectivity index (χ2n) is 4.47. The molecule has 1 aliphatic rings. The molecule has 84 valence electrons. The second-order valence-corrected chi connectivity index (χ2v) is 6.66. The highest BCUT2D eigenvalue weighted by Gasteiger charge is 2.37. The molecule has 0 aromatic carbocycles. The first-order valence-corrected chi connectivity index (χ1v) is 6.82. The lowest BCUT2D eigenvalue weighted by Crippen LogP contribution is -2.48. The van der Waals surface area contributed by atoms with E-state index in [1.54, 1.807) is 0 Å². The fourth-order valence-electron chi connectivity index (χ4n) is 1.65. The highest BCUT2D eigenvalue weighted by molar-refractivity contribution is 7.91. The van der Waals surface area contributed by atoms with Crippen molar-refractivity contribution in [2.75, 3.05) is 25.1 Å². The number of sulfone groups is 1. The van der Waals surface area contributed by atoms with Gasteiger partial charge < -0.3 is 10.6 Å². The number of rotatable bonds is 4. The van der Waals surface area contributed by atoms with Crippen molar-refractivity contribution in [1.29, 1.82) is 0 Å². The van der Waals surface area contributed by atoms with Gasteiger partial charge in [-0.05, 0) is 27.3 Å². The first kappa shape index (κ1) is 11.9. The van der Waals surface area contributed by atoms with Crippen LogP contribution in [0.2, 0.25) is 0 Å². The lowest BCUT2D eigenvalue weighted by molar-refractivity contribution is 0.374. The maximum atomic E-state index is 11.3. The molecule has 0 aromatic heterocycles. The van der Waals surface area contributed by atoms with Gasteiger partial charge in [0, 0.05) is 18.1 Å². The van der Waals surface area contributed by atoms with Gasteiger partial charge in [-0.1, -0.05) is 0 Å². The summed E-state index contributed by atoms with van der Waals surface area (Å²) in [5, 5.41) is 6.44. The van der Waals surface area contributed by atoms with Gasteiger partial charge in [-0.2, -0.15) is 0 Å². The Morgan fingerprint density at radius 3 is 2.57 bits per heavy atom. The van der Waals surface area contributed by atoms with Gasteiger partial charge in [0.2, 0.25) is 0 Å². The molecule has 1 saturated heterocycles. The average Bonchev–Trinajstić information content (AvgIpc) is 2.37. The maximum absolute atomic E-state index is 11.3. The highest BCUT2D eigenvalue weighted by atomic mass is 32.2. The molecule has 0 aromatic rings. The zero-order valence-corrected chi connectivity index (χ0v) is 9.95. The van der Waals surface area contributed by atoms with Crippen LogP contribution in [0, 0.1) is 0 Å². The lowest BCUT2D eigenvalue weighted by Gasteiger charge is -2.26. The molecular formula is C9H20N2O2S. The summed E-state index contributed by atoms with van der Waals surface area (Å²) in [7, 11) is -0.889. The Kier molecular flexibility index (Phi) is 3.55. The second kappa shape index (κ2) is 4.16. The smallest absolute Gasteiger partial charge is 0.152 e. The molecular weight excluding hydrogens is 200 g/mol. The average molecular weight is 220 g/mol. The van der Waals surface area contributed by atoms with Gasteiger partial charge in [-0.15, -0.1) is 0 Å². The Hall–Kier alpha value is -0.130. The molecule has 0 amide bonds. The van der Waals surface area contributed by atoms with Crippen LogP contribution < -0.4 is 10.6 Å². The summed E-state index contributed by atoms with van der Waals surface area (Å²) in [5.41, 5.74) is -0.218. The van der Waals surface area contributed by atoms with Crippen LogP contribution in [0.15, 0.2) is 0 Å². The minimum absolute atomic E-state index is 0.218. The molecule has 0 radical (unpaired) electrons. The SMILES string of the molecule is CNC(C)CNC1(C)CCS(=O)(=O)C1. The van der Waals surface area contributed by atoms with E-state index in [0.717, 1.165) is 13.0 Å². The fourth-order valence-corrected chi connectivity index (χ4v) is 3.77. The predicted molar refractivity (Wildman–Crippen MR) is 58.2 cm³/mol. The third-order valence-corrected chi connectivity index (χ3v) is 4.73. The summed E-state index contributed by atoms with van der Waals surface area (Å²) in [6.45, 7) is 4.86. The monoisotopic (exact) mass is 220 g/mol. The first-order valence-electron chi connectivity index (χ1n) is 5.00. The standard InChI is InChI=1S/C9H20N2O2S/c1-8(10-3)6-11-9(2)4-5-14(12,13)7-9/h8,10-11H,4-7H2,1-3H3. The number of likely N-dealkylation sites (N-methyl/N-ethyl adjacent to an activating group) is 1. The van der Waals surface area contributed by atoms with Crippen LogP contribution in [0.5, 0.6) is 0 Å². The van der Waals surface area contributed by atoms with Gasteiger partial charge in [-0.25, -0.2) is 8.42 Å². The summed E-state index contributed by atoms with van der Waals surface area (Å²) < 4.78 is 22.6. The predicted octanol–water partition coefficient (Wildman–Crippen LogP) is -0.239. The van der Waals surface area contributed by atoms with Gasteiger partial charge in [0.25, 0.3) is 0 Å². The topological polar surface area (TPSA) is 58.2 Å². The molecule has 2 atom stereocenters. The summed E-state index contributed by atoms with van der Waals surface area (Å²) in [5.74, 6) is 0.598. The number of hydrogen-bond acceptors (Lipinski definition) is 4. The van der Waals surface area contributed by atoms with E-state index in [4.69, 9.17) is 0 Å². The molecule has 2 N–H and O–H groups in total. The number of hydrogen-bond donors (Lipinski definition) is 2. The molecule has 0 bridgehead atoms. The maximum Gasteiger partial charge on any atom is 0.152 e. The molecule has 1 rings (SSSR count). The Balaban J connectivity index is 2.45. The van der Waals surface area contributed by atoms with Crippen LogP contribution in [0.3, 0.4) is 0 Å². The summed E-state index contributed by atoms with van der Waals surface area (Å²) in [4.78, 5) is 0. The van der Waals surface area contributed by atoms with Crippen molar-refractivity contribution in [3.05, 3.63) is 0 Å². The van der Waals surface area contributed by atoms with E-state index in [1.165, 1.54) is 0 Å². The molecule has 14 heavy (non-hydrogen) atoms. The van der Waals surface area contributed by atoms with Gasteiger partial charge in [0.1, 0.15) is 0 Å². The van der Waals surface area contributed by atoms with Crippen LogP contribution in [-0.4, -0.2) is 45.1 Å². The van der Waals surface area contributed by atoms with E-state index < -0.39 is 9.84 Å². The van der Waals surface area contributed by atoms with Crippen molar-refractivity contribution in [1.82, 2.24) is 10.6 Å². The van der Waals surface area contributed by atoms with Crippen molar-refractivity contribution < 1.29 is 8.42 Å².